The highest BCUT2D eigenvalue weighted by molar-refractivity contribution is 6.31. The highest BCUT2D eigenvalue weighted by Gasteiger charge is 2.58. The van der Waals surface area contributed by atoms with Crippen LogP contribution >= 0.6 is 23.2 Å². The summed E-state index contributed by atoms with van der Waals surface area (Å²) in [7, 11) is 0. The fourth-order valence-corrected chi connectivity index (χ4v) is 5.16. The number of nitrogens with zero attached hydrogens (tertiary/aromatic N) is 2. The largest absolute Gasteiger partial charge is 0.378 e. The van der Waals surface area contributed by atoms with Crippen LogP contribution in [0.25, 0.3) is 0 Å². The van der Waals surface area contributed by atoms with Crippen molar-refractivity contribution < 1.29 is 9.63 Å². The third-order valence-electron chi connectivity index (χ3n) is 6.76. The van der Waals surface area contributed by atoms with Crippen LogP contribution in [0.1, 0.15) is 42.0 Å². The van der Waals surface area contributed by atoms with E-state index in [1.165, 1.54) is 5.56 Å². The molecule has 0 amide bonds. The molecule has 33 heavy (non-hydrogen) atoms. The van der Waals surface area contributed by atoms with Crippen LogP contribution in [0.3, 0.4) is 0 Å². The van der Waals surface area contributed by atoms with Crippen molar-refractivity contribution in [1.82, 2.24) is 4.90 Å². The van der Waals surface area contributed by atoms with E-state index in [0.717, 1.165) is 16.8 Å². The van der Waals surface area contributed by atoms with Crippen LogP contribution in [-0.2, 0) is 9.63 Å². The van der Waals surface area contributed by atoms with Gasteiger partial charge in [-0.05, 0) is 42.3 Å². The van der Waals surface area contributed by atoms with Crippen molar-refractivity contribution >= 4 is 34.7 Å². The van der Waals surface area contributed by atoms with Crippen LogP contribution in [0.2, 0.25) is 10.0 Å². The van der Waals surface area contributed by atoms with E-state index in [0.29, 0.717) is 29.6 Å². The minimum absolute atomic E-state index is 0.0756. The van der Waals surface area contributed by atoms with Crippen molar-refractivity contribution in [2.24, 2.45) is 5.16 Å². The minimum Gasteiger partial charge on any atom is -0.378 e. The van der Waals surface area contributed by atoms with Crippen molar-refractivity contribution in [3.63, 3.8) is 0 Å². The first-order chi connectivity index (χ1) is 16.0. The number of hydrogen-bond donors (Lipinski definition) is 0. The van der Waals surface area contributed by atoms with Gasteiger partial charge in [-0.2, -0.15) is 0 Å². The van der Waals surface area contributed by atoms with Gasteiger partial charge in [-0.1, -0.05) is 83.0 Å². The Morgan fingerprint density at radius 2 is 1.61 bits per heavy atom. The van der Waals surface area contributed by atoms with Crippen LogP contribution in [0.5, 0.6) is 0 Å². The Kier molecular flexibility index (Phi) is 6.00. The quantitative estimate of drug-likeness (QED) is 0.442. The molecule has 1 fully saturated rings. The lowest BCUT2D eigenvalue weighted by molar-refractivity contribution is -0.153. The second-order valence-corrected chi connectivity index (χ2v) is 9.55. The number of likely N-dealkylation sites (tertiary alicyclic amines) is 1. The summed E-state index contributed by atoms with van der Waals surface area (Å²) in [5.74, 6) is -0.277. The molecule has 168 valence electrons. The van der Waals surface area contributed by atoms with Crippen molar-refractivity contribution in [2.75, 3.05) is 13.1 Å². The van der Waals surface area contributed by atoms with E-state index in [4.69, 9.17) is 28.0 Å². The molecule has 0 aromatic heterocycles. The second kappa shape index (κ2) is 8.94. The predicted octanol–water partition coefficient (Wildman–Crippen LogP) is 6.29. The number of ketones is 1. The number of carbonyl (C=O) groups is 1. The zero-order valence-electron chi connectivity index (χ0n) is 18.2. The molecular weight excluding hydrogens is 455 g/mol. The molecule has 0 aliphatic carbocycles. The van der Waals surface area contributed by atoms with Crippen LogP contribution < -0.4 is 0 Å². The molecule has 1 spiro atoms. The molecule has 2 aliphatic rings. The first kappa shape index (κ1) is 22.1. The normalized spacial score (nSPS) is 23.9. The highest BCUT2D eigenvalue weighted by atomic mass is 35.5. The molecule has 5 rings (SSSR count). The summed E-state index contributed by atoms with van der Waals surface area (Å²) >= 11 is 12.3. The highest BCUT2D eigenvalue weighted by Crippen LogP contribution is 2.45. The maximum Gasteiger partial charge on any atom is 0.220 e. The van der Waals surface area contributed by atoms with Gasteiger partial charge in [0.2, 0.25) is 5.60 Å². The molecule has 0 unspecified atom stereocenters. The first-order valence-electron chi connectivity index (χ1n) is 11.1. The smallest absolute Gasteiger partial charge is 0.220 e. The van der Waals surface area contributed by atoms with Gasteiger partial charge in [-0.15, -0.1) is 0 Å². The number of piperidine rings is 1. The van der Waals surface area contributed by atoms with Gasteiger partial charge in [0.15, 0.2) is 5.78 Å². The maximum atomic E-state index is 13.5. The number of Topliss-reactive ketones (excluding diaryl/α,β-unsaturated/α-hetero) is 1. The summed E-state index contributed by atoms with van der Waals surface area (Å²) < 4.78 is 0. The molecule has 0 radical (unpaired) electrons. The van der Waals surface area contributed by atoms with E-state index >= 15 is 0 Å². The van der Waals surface area contributed by atoms with Gasteiger partial charge in [0.25, 0.3) is 0 Å². The van der Waals surface area contributed by atoms with Crippen LogP contribution in [0.4, 0.5) is 0 Å². The average molecular weight is 479 g/mol. The van der Waals surface area contributed by atoms with Crippen molar-refractivity contribution in [2.45, 2.75) is 30.9 Å². The van der Waals surface area contributed by atoms with Crippen LogP contribution in [-0.4, -0.2) is 35.1 Å². The van der Waals surface area contributed by atoms with Crippen molar-refractivity contribution in [3.8, 4) is 0 Å². The van der Waals surface area contributed by atoms with Crippen LogP contribution in [0, 0.1) is 0 Å². The number of halogens is 2. The van der Waals surface area contributed by atoms with E-state index in [9.17, 15) is 4.79 Å². The van der Waals surface area contributed by atoms with Gasteiger partial charge in [0.1, 0.15) is 0 Å². The monoisotopic (exact) mass is 478 g/mol. The lowest BCUT2D eigenvalue weighted by atomic mass is 9.72. The summed E-state index contributed by atoms with van der Waals surface area (Å²) in [6.07, 6.45) is 0.407. The number of oxime groups is 1. The molecule has 0 saturated carbocycles. The van der Waals surface area contributed by atoms with E-state index in [-0.39, 0.29) is 17.7 Å². The molecular formula is C27H24Cl2N2O2. The summed E-state index contributed by atoms with van der Waals surface area (Å²) in [6.45, 7) is 3.31. The third-order valence-corrected chi connectivity index (χ3v) is 7.26. The van der Waals surface area contributed by atoms with Gasteiger partial charge in [-0.3, -0.25) is 9.69 Å². The summed E-state index contributed by atoms with van der Waals surface area (Å²) in [6, 6.07) is 25.6. The Labute approximate surface area is 203 Å². The van der Waals surface area contributed by atoms with Gasteiger partial charge < -0.3 is 4.84 Å². The van der Waals surface area contributed by atoms with E-state index < -0.39 is 5.60 Å². The molecule has 3 atom stereocenters. The van der Waals surface area contributed by atoms with Crippen molar-refractivity contribution in [1.29, 1.82) is 0 Å². The standard InChI is InChI=1S/C27H24Cl2N2O2/c1-18(19-5-3-2-4-6-19)31-16-15-24(32)27(17-31)25(20-7-11-22(28)12-8-20)26(30-33-27)21-9-13-23(29)14-10-21/h2-14,18,25H,15-17H2,1H3/t18-,25-,27+/m1/s1. The van der Waals surface area contributed by atoms with Crippen molar-refractivity contribution in [3.05, 3.63) is 106 Å². The molecule has 3 aromatic rings. The fraction of sp³-hybridized carbons (Fsp3) is 0.259. The summed E-state index contributed by atoms with van der Waals surface area (Å²) in [5.41, 5.74) is 2.69. The maximum absolute atomic E-state index is 13.5. The van der Waals surface area contributed by atoms with Crippen LogP contribution in [0.15, 0.2) is 84.0 Å². The minimum atomic E-state index is -1.09. The van der Waals surface area contributed by atoms with E-state index in [1.807, 2.05) is 66.7 Å². The zero-order valence-corrected chi connectivity index (χ0v) is 19.8. The van der Waals surface area contributed by atoms with E-state index in [2.05, 4.69) is 29.1 Å². The number of hydrogen-bond acceptors (Lipinski definition) is 4. The van der Waals surface area contributed by atoms with Gasteiger partial charge >= 0.3 is 0 Å². The number of carbonyl (C=O) groups excluding carboxylic acids is 1. The molecule has 0 bridgehead atoms. The Hall–Kier alpha value is -2.66. The Morgan fingerprint density at radius 1 is 0.970 bits per heavy atom. The molecule has 2 aliphatic heterocycles. The molecule has 0 N–H and O–H groups in total. The Morgan fingerprint density at radius 3 is 2.27 bits per heavy atom. The van der Waals surface area contributed by atoms with E-state index in [1.54, 1.807) is 0 Å². The Balaban J connectivity index is 1.56. The van der Waals surface area contributed by atoms with Gasteiger partial charge in [0, 0.05) is 41.2 Å². The fourth-order valence-electron chi connectivity index (χ4n) is 4.91. The average Bonchev–Trinajstić information content (AvgIpc) is 3.21. The van der Waals surface area contributed by atoms with Gasteiger partial charge in [0.05, 0.1) is 11.6 Å². The lowest BCUT2D eigenvalue weighted by Gasteiger charge is -2.43. The van der Waals surface area contributed by atoms with Gasteiger partial charge in [-0.25, -0.2) is 0 Å². The molecule has 4 nitrogen and oxygen atoms in total. The molecule has 1 saturated heterocycles. The first-order valence-corrected chi connectivity index (χ1v) is 11.8. The molecule has 2 heterocycles. The topological polar surface area (TPSA) is 41.9 Å². The summed E-state index contributed by atoms with van der Waals surface area (Å²) in [4.78, 5) is 22.0. The second-order valence-electron chi connectivity index (χ2n) is 8.68. The molecule has 3 aromatic carbocycles. The third kappa shape index (κ3) is 4.08. The predicted molar refractivity (Wildman–Crippen MR) is 132 cm³/mol. The SMILES string of the molecule is C[C@H](c1ccccc1)N1CCC(=O)[C@]2(C1)ON=C(c1ccc(Cl)cc1)[C@H]2c1ccc(Cl)cc1. The Bertz CT molecular complexity index is 1180. The lowest BCUT2D eigenvalue weighted by Crippen LogP contribution is -2.58. The number of benzene rings is 3. The zero-order chi connectivity index (χ0) is 23.0. The molecule has 6 heteroatoms. The summed E-state index contributed by atoms with van der Waals surface area (Å²) in [5, 5.41) is 5.79. The number of rotatable bonds is 4.